The van der Waals surface area contributed by atoms with Crippen molar-refractivity contribution in [3.05, 3.63) is 65.7 Å². The summed E-state index contributed by atoms with van der Waals surface area (Å²) in [6, 6.07) is 14.8. The molecule has 0 spiro atoms. The summed E-state index contributed by atoms with van der Waals surface area (Å²) in [5.41, 5.74) is 7.47. The van der Waals surface area contributed by atoms with E-state index in [0.29, 0.717) is 5.56 Å². The number of nitrogens with two attached hydrogens (primary N) is 1. The monoisotopic (exact) mass is 426 g/mol. The highest BCUT2D eigenvalue weighted by molar-refractivity contribution is 8.01. The zero-order chi connectivity index (χ0) is 21.8. The molecule has 156 valence electrons. The van der Waals surface area contributed by atoms with E-state index in [-0.39, 0.29) is 6.42 Å². The molecule has 1 fully saturated rings. The van der Waals surface area contributed by atoms with Crippen molar-refractivity contribution in [1.82, 2.24) is 10.2 Å². The lowest BCUT2D eigenvalue weighted by Crippen LogP contribution is -2.41. The minimum absolute atomic E-state index is 0.238. The van der Waals surface area contributed by atoms with Crippen molar-refractivity contribution < 1.29 is 19.2 Å². The summed E-state index contributed by atoms with van der Waals surface area (Å²) in [5.74, 6) is -1.68. The molecule has 2 aromatic carbocycles. The first-order valence-electron chi connectivity index (χ1n) is 9.22. The van der Waals surface area contributed by atoms with Crippen molar-refractivity contribution >= 4 is 41.2 Å². The van der Waals surface area contributed by atoms with Gasteiger partial charge in [-0.2, -0.15) is 0 Å². The molecule has 0 aliphatic carbocycles. The predicted octanol–water partition coefficient (Wildman–Crippen LogP) is 2.12. The molecule has 0 saturated carbocycles. The Kier molecular flexibility index (Phi) is 6.41. The Bertz CT molecular complexity index is 963. The standard InChI is InChI=1S/C21H22N4O4S/c1-24(2)15-10-8-14(9-11-15)20-25(21(22)29)19(28)16(30-20)12-17(26)23-18(27)13-6-4-3-5-7-13/h3-11,16,20H,12H2,1-2H3,(H2,22,29)(H,23,26,27). The molecule has 2 atom stereocenters. The van der Waals surface area contributed by atoms with Gasteiger partial charge in [0.05, 0.1) is 5.25 Å². The highest BCUT2D eigenvalue weighted by atomic mass is 32.2. The normalized spacial score (nSPS) is 18.2. The maximum absolute atomic E-state index is 12.7. The molecule has 3 N–H and O–H groups in total. The maximum Gasteiger partial charge on any atom is 0.322 e. The Morgan fingerprint density at radius 3 is 2.27 bits per heavy atom. The number of primary amides is 1. The Morgan fingerprint density at radius 1 is 1.07 bits per heavy atom. The largest absolute Gasteiger partial charge is 0.378 e. The Hall–Kier alpha value is -3.33. The number of urea groups is 1. The molecular weight excluding hydrogens is 404 g/mol. The maximum atomic E-state index is 12.7. The predicted molar refractivity (Wildman–Crippen MR) is 115 cm³/mol. The van der Waals surface area contributed by atoms with Crippen LogP contribution < -0.4 is 16.0 Å². The van der Waals surface area contributed by atoms with E-state index in [4.69, 9.17) is 5.73 Å². The molecule has 30 heavy (non-hydrogen) atoms. The van der Waals surface area contributed by atoms with Gasteiger partial charge in [0.15, 0.2) is 0 Å². The number of amides is 5. The van der Waals surface area contributed by atoms with Crippen LogP contribution in [0.15, 0.2) is 54.6 Å². The van der Waals surface area contributed by atoms with Gasteiger partial charge in [0.1, 0.15) is 5.37 Å². The van der Waals surface area contributed by atoms with Crippen LogP contribution in [0.25, 0.3) is 0 Å². The van der Waals surface area contributed by atoms with Crippen LogP contribution in [0.5, 0.6) is 0 Å². The first kappa shape index (κ1) is 21.4. The van der Waals surface area contributed by atoms with Crippen LogP contribution in [0.1, 0.15) is 27.7 Å². The van der Waals surface area contributed by atoms with Crippen molar-refractivity contribution in [3.8, 4) is 0 Å². The smallest absolute Gasteiger partial charge is 0.322 e. The van der Waals surface area contributed by atoms with Gasteiger partial charge in [-0.1, -0.05) is 30.3 Å². The third kappa shape index (κ3) is 4.62. The van der Waals surface area contributed by atoms with Gasteiger partial charge in [-0.25, -0.2) is 9.69 Å². The number of hydrogen-bond donors (Lipinski definition) is 2. The number of carbonyl (C=O) groups is 4. The average Bonchev–Trinajstić information content (AvgIpc) is 3.04. The second-order valence-electron chi connectivity index (χ2n) is 6.96. The minimum atomic E-state index is -0.877. The van der Waals surface area contributed by atoms with E-state index in [0.717, 1.165) is 27.9 Å². The molecule has 2 unspecified atom stereocenters. The van der Waals surface area contributed by atoms with E-state index in [1.165, 1.54) is 0 Å². The topological polar surface area (TPSA) is 113 Å². The fraction of sp³-hybridized carbons (Fsp3) is 0.238. The van der Waals surface area contributed by atoms with E-state index in [2.05, 4.69) is 5.32 Å². The summed E-state index contributed by atoms with van der Waals surface area (Å²) in [6.45, 7) is 0. The van der Waals surface area contributed by atoms with Crippen LogP contribution in [-0.4, -0.2) is 48.0 Å². The Morgan fingerprint density at radius 2 is 1.70 bits per heavy atom. The molecule has 0 aromatic heterocycles. The number of carbonyl (C=O) groups excluding carboxylic acids is 4. The molecule has 1 aliphatic heterocycles. The summed E-state index contributed by atoms with van der Waals surface area (Å²) in [6.07, 6.45) is -0.238. The van der Waals surface area contributed by atoms with Gasteiger partial charge < -0.3 is 10.6 Å². The van der Waals surface area contributed by atoms with Gasteiger partial charge in [0.2, 0.25) is 11.8 Å². The summed E-state index contributed by atoms with van der Waals surface area (Å²) in [4.78, 5) is 52.0. The summed E-state index contributed by atoms with van der Waals surface area (Å²) in [5, 5.41) is 0.828. The first-order chi connectivity index (χ1) is 14.3. The zero-order valence-electron chi connectivity index (χ0n) is 16.6. The highest BCUT2D eigenvalue weighted by Gasteiger charge is 2.44. The van der Waals surface area contributed by atoms with Gasteiger partial charge >= 0.3 is 6.03 Å². The van der Waals surface area contributed by atoms with E-state index < -0.39 is 34.4 Å². The van der Waals surface area contributed by atoms with Gasteiger partial charge in [0.25, 0.3) is 5.91 Å². The quantitative estimate of drug-likeness (QED) is 0.757. The molecule has 5 amide bonds. The molecule has 3 rings (SSSR count). The number of hydrogen-bond acceptors (Lipinski definition) is 6. The fourth-order valence-corrected chi connectivity index (χ4v) is 4.51. The number of benzene rings is 2. The van der Waals surface area contributed by atoms with Crippen LogP contribution in [0.3, 0.4) is 0 Å². The van der Waals surface area contributed by atoms with Gasteiger partial charge in [-0.05, 0) is 29.8 Å². The number of nitrogens with zero attached hydrogens (tertiary/aromatic N) is 2. The third-order valence-corrected chi connectivity index (χ3v) is 6.07. The molecule has 1 saturated heterocycles. The molecule has 2 aromatic rings. The van der Waals surface area contributed by atoms with E-state index in [1.807, 2.05) is 43.3 Å². The molecular formula is C21H22N4O4S. The summed E-state index contributed by atoms with van der Waals surface area (Å²) < 4.78 is 0. The molecule has 9 heteroatoms. The van der Waals surface area contributed by atoms with Gasteiger partial charge in [-0.15, -0.1) is 11.8 Å². The van der Waals surface area contributed by atoms with Crippen molar-refractivity contribution in [2.75, 3.05) is 19.0 Å². The average molecular weight is 426 g/mol. The second kappa shape index (κ2) is 9.00. The number of rotatable bonds is 5. The van der Waals surface area contributed by atoms with Crippen LogP contribution in [0.4, 0.5) is 10.5 Å². The van der Waals surface area contributed by atoms with Crippen LogP contribution in [0.2, 0.25) is 0 Å². The Labute approximate surface area is 178 Å². The number of imide groups is 2. The van der Waals surface area contributed by atoms with Crippen molar-refractivity contribution in [3.63, 3.8) is 0 Å². The number of nitrogens with one attached hydrogen (secondary N) is 1. The lowest BCUT2D eigenvalue weighted by molar-refractivity contribution is -0.129. The summed E-state index contributed by atoms with van der Waals surface area (Å²) >= 11 is 1.16. The molecule has 1 aliphatic rings. The molecule has 1 heterocycles. The third-order valence-electron chi connectivity index (χ3n) is 4.63. The highest BCUT2D eigenvalue weighted by Crippen LogP contribution is 2.44. The zero-order valence-corrected chi connectivity index (χ0v) is 17.4. The van der Waals surface area contributed by atoms with E-state index in [1.54, 1.807) is 30.3 Å². The lowest BCUT2D eigenvalue weighted by atomic mass is 10.1. The van der Waals surface area contributed by atoms with E-state index in [9.17, 15) is 19.2 Å². The van der Waals surface area contributed by atoms with E-state index >= 15 is 0 Å². The van der Waals surface area contributed by atoms with Gasteiger partial charge in [-0.3, -0.25) is 19.7 Å². The van der Waals surface area contributed by atoms with Crippen molar-refractivity contribution in [1.29, 1.82) is 0 Å². The first-order valence-corrected chi connectivity index (χ1v) is 10.2. The lowest BCUT2D eigenvalue weighted by Gasteiger charge is -2.21. The second-order valence-corrected chi connectivity index (χ2v) is 8.24. The van der Waals surface area contributed by atoms with Crippen molar-refractivity contribution in [2.45, 2.75) is 17.0 Å². The number of anilines is 1. The molecule has 0 radical (unpaired) electrons. The SMILES string of the molecule is CN(C)c1ccc(C2SC(CC(=O)NC(=O)c3ccccc3)C(=O)N2C(N)=O)cc1. The van der Waals surface area contributed by atoms with Crippen LogP contribution >= 0.6 is 11.8 Å². The van der Waals surface area contributed by atoms with Gasteiger partial charge in [0, 0.05) is 31.8 Å². The summed E-state index contributed by atoms with van der Waals surface area (Å²) in [7, 11) is 3.81. The van der Waals surface area contributed by atoms with Crippen LogP contribution in [0, 0.1) is 0 Å². The van der Waals surface area contributed by atoms with Crippen LogP contribution in [-0.2, 0) is 9.59 Å². The molecule has 8 nitrogen and oxygen atoms in total. The number of thioether (sulfide) groups is 1. The van der Waals surface area contributed by atoms with Crippen molar-refractivity contribution in [2.24, 2.45) is 5.73 Å². The Balaban J connectivity index is 1.71. The molecule has 0 bridgehead atoms. The fourth-order valence-electron chi connectivity index (χ4n) is 3.08. The minimum Gasteiger partial charge on any atom is -0.378 e.